The Bertz CT molecular complexity index is 5150. The summed E-state index contributed by atoms with van der Waals surface area (Å²) >= 11 is 0. The van der Waals surface area contributed by atoms with Gasteiger partial charge in [-0.3, -0.25) is 78.4 Å². The standard InChI is InChI=1S/2C33H36N4O5.C29H29FN4O5/c1-42-27-10-9-25-21-37(31(40)28(25)19-27)22-33(20-29(38)34-32(33)41)14-11-23-5-7-24(8-6-23)30(39)36-17-12-26(13-18-36)35-15-3-2-4-16-35;1-42-27-12-11-25-21-37(31(40)28(25)19-27)22-33(20-29(38)34-32(33)41)14-13-23-7-9-24(10-8-23)30(39)36-17-15-35(16-18-36)26-5-3-2-4-6-26;1-3-32-12-14-33(15-13-32)26(36)20-6-4-19(5-7-20)10-11-29(16-23(35)31-28(29)38)18-34-17-21-8-9-22(39-2)25(30)24(21)27(34)37/h5-10,19,26H,2-4,12-13,15-18,20-22H2,1H3,(H,34,38,41);7-12,19,26H,2-6,15-18,20-22H2,1H3,(H,34,38,41);4-9H,3,12-18H2,1-2H3,(H,31,35,38)/t2*33-;29-/m111/s1. The predicted molar refractivity (Wildman–Crippen MR) is 450 cm³/mol. The number of benzene rings is 6. The summed E-state index contributed by atoms with van der Waals surface area (Å²) in [5, 5.41) is 7.01. The Kier molecular flexibility index (Phi) is 25.7. The highest BCUT2D eigenvalue weighted by Gasteiger charge is 2.52. The minimum absolute atomic E-state index is 0.00262. The van der Waals surface area contributed by atoms with Crippen molar-refractivity contribution in [2.45, 2.75) is 122 Å². The van der Waals surface area contributed by atoms with Crippen molar-refractivity contribution in [3.05, 3.63) is 194 Å². The molecule has 28 heteroatoms. The van der Waals surface area contributed by atoms with Gasteiger partial charge in [0.15, 0.2) is 11.6 Å². The highest BCUT2D eigenvalue weighted by Crippen LogP contribution is 2.39. The van der Waals surface area contributed by atoms with Crippen molar-refractivity contribution in [3.8, 4) is 52.8 Å². The summed E-state index contributed by atoms with van der Waals surface area (Å²) in [5.74, 6) is 14.4. The van der Waals surface area contributed by atoms with Crippen molar-refractivity contribution in [3.63, 3.8) is 0 Å². The van der Waals surface area contributed by atoms with Crippen molar-refractivity contribution in [1.82, 2.24) is 60.0 Å². The highest BCUT2D eigenvalue weighted by atomic mass is 19.1. The molecule has 27 nitrogen and oxygen atoms in total. The molecule has 17 rings (SSSR count). The number of carbonyl (C=O) groups is 12. The molecule has 10 aliphatic heterocycles. The first-order valence-electron chi connectivity index (χ1n) is 42.5. The monoisotopic (exact) mass is 1670 g/mol. The molecule has 11 aliphatic rings. The first-order chi connectivity index (χ1) is 59.4. The molecular formula is C95H101FN12O15. The lowest BCUT2D eigenvalue weighted by Crippen LogP contribution is -2.52. The number of piperidine rings is 2. The number of rotatable bonds is 15. The zero-order valence-corrected chi connectivity index (χ0v) is 69.9. The zero-order valence-electron chi connectivity index (χ0n) is 69.9. The lowest BCUT2D eigenvalue weighted by Gasteiger charge is -2.40. The van der Waals surface area contributed by atoms with E-state index in [-0.39, 0.29) is 86.3 Å². The average Bonchev–Trinajstić information content (AvgIpc) is 1.62. The molecule has 123 heavy (non-hydrogen) atoms. The second kappa shape index (κ2) is 37.0. The molecule has 0 radical (unpaired) electrons. The Labute approximate surface area is 714 Å². The van der Waals surface area contributed by atoms with Gasteiger partial charge in [-0.25, -0.2) is 4.39 Å². The van der Waals surface area contributed by atoms with Crippen molar-refractivity contribution in [2.24, 2.45) is 16.2 Å². The Balaban J connectivity index is 0.000000143. The number of carbonyl (C=O) groups excluding carboxylic acids is 12. The smallest absolute Gasteiger partial charge is 0.257 e. The number of nitrogens with one attached hydrogen (secondary N) is 3. The van der Waals surface area contributed by atoms with E-state index in [2.05, 4.69) is 73.1 Å². The molecule has 12 amide bonds. The molecule has 3 atom stereocenters. The van der Waals surface area contributed by atoms with E-state index in [0.29, 0.717) is 99.8 Å². The van der Waals surface area contributed by atoms with Crippen LogP contribution < -0.4 is 30.2 Å². The third kappa shape index (κ3) is 18.6. The van der Waals surface area contributed by atoms with Crippen LogP contribution in [0.5, 0.6) is 17.2 Å². The van der Waals surface area contributed by atoms with Gasteiger partial charge in [-0.2, -0.15) is 0 Å². The van der Waals surface area contributed by atoms with Gasteiger partial charge in [0, 0.05) is 161 Å². The lowest BCUT2D eigenvalue weighted by molar-refractivity contribution is -0.128. The summed E-state index contributed by atoms with van der Waals surface area (Å²) in [5.41, 5.74) is 2.48. The van der Waals surface area contributed by atoms with Crippen LogP contribution in [0.3, 0.4) is 0 Å². The summed E-state index contributed by atoms with van der Waals surface area (Å²) in [4.78, 5) is 172. The minimum atomic E-state index is -1.48. The Morgan fingerprint density at radius 3 is 1.16 bits per heavy atom. The molecule has 3 N–H and O–H groups in total. The van der Waals surface area contributed by atoms with E-state index in [9.17, 15) is 61.9 Å². The number of ether oxygens (including phenoxy) is 3. The van der Waals surface area contributed by atoms with Gasteiger partial charge in [-0.15, -0.1) is 0 Å². The molecule has 6 aromatic carbocycles. The molecule has 0 aromatic heterocycles. The molecule has 6 aromatic rings. The van der Waals surface area contributed by atoms with Crippen molar-refractivity contribution < 1.29 is 76.1 Å². The highest BCUT2D eigenvalue weighted by molar-refractivity contribution is 6.11. The van der Waals surface area contributed by atoms with Crippen LogP contribution in [0.25, 0.3) is 0 Å². The van der Waals surface area contributed by atoms with Crippen molar-refractivity contribution >= 4 is 70.9 Å². The molecule has 0 spiro atoms. The summed E-state index contributed by atoms with van der Waals surface area (Å²) in [6.45, 7) is 13.9. The number of likely N-dealkylation sites (tertiary alicyclic amines) is 2. The van der Waals surface area contributed by atoms with E-state index in [1.807, 2.05) is 26.8 Å². The molecule has 1 aliphatic carbocycles. The number of halogens is 1. The maximum absolute atomic E-state index is 14.8. The van der Waals surface area contributed by atoms with Crippen molar-refractivity contribution in [1.29, 1.82) is 0 Å². The molecule has 7 saturated heterocycles. The molecule has 0 unspecified atom stereocenters. The van der Waals surface area contributed by atoms with Crippen LogP contribution >= 0.6 is 0 Å². The van der Waals surface area contributed by atoms with Gasteiger partial charge in [-0.05, 0) is 178 Å². The Morgan fingerprint density at radius 2 is 0.772 bits per heavy atom. The first-order valence-corrected chi connectivity index (χ1v) is 42.5. The molecule has 10 heterocycles. The predicted octanol–water partition coefficient (Wildman–Crippen LogP) is 7.30. The lowest BCUT2D eigenvalue weighted by atomic mass is 9.85. The van der Waals surface area contributed by atoms with E-state index < -0.39 is 63.4 Å². The second-order valence-electron chi connectivity index (χ2n) is 33.5. The second-order valence-corrected chi connectivity index (χ2v) is 33.5. The van der Waals surface area contributed by atoms with Crippen LogP contribution in [-0.4, -0.2) is 253 Å². The van der Waals surface area contributed by atoms with E-state index in [1.165, 1.54) is 82.5 Å². The summed E-state index contributed by atoms with van der Waals surface area (Å²) in [7, 11) is 4.40. The van der Waals surface area contributed by atoms with Crippen LogP contribution in [0.4, 0.5) is 4.39 Å². The van der Waals surface area contributed by atoms with Crippen LogP contribution in [-0.2, 0) is 48.4 Å². The quantitative estimate of drug-likeness (QED) is 0.0671. The normalized spacial score (nSPS) is 22.3. The number of methoxy groups -OCH3 is 3. The number of hydrogen-bond acceptors (Lipinski definition) is 18. The average molecular weight is 1670 g/mol. The molecule has 8 fully saturated rings. The van der Waals surface area contributed by atoms with E-state index in [1.54, 1.807) is 127 Å². The zero-order chi connectivity index (χ0) is 86.3. The van der Waals surface area contributed by atoms with Gasteiger partial charge in [-0.1, -0.05) is 86.3 Å². The minimum Gasteiger partial charge on any atom is -0.497 e. The molecular weight excluding hydrogens is 1570 g/mol. The fourth-order valence-electron chi connectivity index (χ4n) is 18.5. The van der Waals surface area contributed by atoms with Crippen LogP contribution in [0.2, 0.25) is 0 Å². The van der Waals surface area contributed by atoms with Crippen LogP contribution in [0.1, 0.15) is 186 Å². The third-order valence-electron chi connectivity index (χ3n) is 25.7. The number of hydrogen-bond donors (Lipinski definition) is 3. The van der Waals surface area contributed by atoms with Gasteiger partial charge in [0.25, 0.3) is 35.4 Å². The Morgan fingerprint density at radius 1 is 0.407 bits per heavy atom. The SMILES string of the molecule is CCN1CCN(C(=O)c2ccc(C#C[C@]3(CN4Cc5ccc(OC)c(F)c5C4=O)CC(=O)NC3=O)cc2)CC1.COc1ccc2c(c1)C(=O)N(C[C@@]1(C#Cc3ccc(C(=O)N4CCC(N5CCCCC5)CC4)cc3)CC(=O)NC1=O)C2.COc1ccc2c(c1)C(=O)N(C[C@@]1(C#Cc3ccc(C(=O)N4CCN(C5CCCCC5)CC4)cc3)CC(=O)NC1=O)C2. The fourth-order valence-corrected chi connectivity index (χ4v) is 18.5. The number of fused-ring (bicyclic) bond motifs is 3. The first kappa shape index (κ1) is 85.4. The third-order valence-corrected chi connectivity index (χ3v) is 25.7. The van der Waals surface area contributed by atoms with E-state index in [0.717, 1.165) is 82.9 Å². The number of likely N-dealkylation sites (N-methyl/N-ethyl adjacent to an activating group) is 1. The van der Waals surface area contributed by atoms with Crippen molar-refractivity contribution in [2.75, 3.05) is 126 Å². The van der Waals surface area contributed by atoms with Gasteiger partial charge in [0.05, 0.1) is 46.2 Å². The summed E-state index contributed by atoms with van der Waals surface area (Å²) in [6, 6.07) is 35.9. The van der Waals surface area contributed by atoms with Gasteiger partial charge >= 0.3 is 0 Å². The van der Waals surface area contributed by atoms with Gasteiger partial charge in [0.2, 0.25) is 35.4 Å². The summed E-state index contributed by atoms with van der Waals surface area (Å²) in [6.07, 6.45) is 11.9. The van der Waals surface area contributed by atoms with E-state index in [4.69, 9.17) is 14.2 Å². The van der Waals surface area contributed by atoms with Crippen LogP contribution in [0.15, 0.2) is 121 Å². The molecule has 1 saturated carbocycles. The maximum atomic E-state index is 14.8. The largest absolute Gasteiger partial charge is 0.497 e. The Hall–Kier alpha value is -12.6. The topological polar surface area (TPSA) is 298 Å². The molecule has 0 bridgehead atoms. The number of nitrogens with zero attached hydrogens (tertiary/aromatic N) is 9. The molecule has 638 valence electrons. The maximum Gasteiger partial charge on any atom is 0.257 e. The number of imide groups is 3. The fraction of sp³-hybridized carbons (Fsp3) is 0.432. The van der Waals surface area contributed by atoms with Crippen LogP contribution in [0, 0.1) is 57.6 Å². The number of amides is 12. The number of piperazine rings is 2. The summed E-state index contributed by atoms with van der Waals surface area (Å²) < 4.78 is 30.3. The van der Waals surface area contributed by atoms with E-state index >= 15 is 0 Å². The van der Waals surface area contributed by atoms with Gasteiger partial charge < -0.3 is 53.4 Å². The van der Waals surface area contributed by atoms with Gasteiger partial charge in [0.1, 0.15) is 27.7 Å².